The molecule has 0 radical (unpaired) electrons. The van der Waals surface area contributed by atoms with Crippen molar-refractivity contribution in [1.29, 1.82) is 0 Å². The highest BCUT2D eigenvalue weighted by atomic mass is 35.5. The number of aromatic nitrogens is 2. The zero-order chi connectivity index (χ0) is 14.3. The van der Waals surface area contributed by atoms with Gasteiger partial charge in [-0.15, -0.1) is 0 Å². The number of rotatable bonds is 3. The zero-order valence-electron chi connectivity index (χ0n) is 11.9. The Bertz CT molecular complexity index is 633. The van der Waals surface area contributed by atoms with Gasteiger partial charge in [-0.3, -0.25) is 4.68 Å². The molecule has 2 atom stereocenters. The molecule has 1 aromatic carbocycles. The smallest absolute Gasteiger partial charge is 0.130 e. The average Bonchev–Trinajstić information content (AvgIpc) is 2.96. The Balaban J connectivity index is 1.83. The van der Waals surface area contributed by atoms with Crippen molar-refractivity contribution in [2.75, 3.05) is 0 Å². The monoisotopic (exact) mass is 289 g/mol. The minimum absolute atomic E-state index is 0.0963. The fraction of sp³-hybridized carbons (Fsp3) is 0.438. The van der Waals surface area contributed by atoms with E-state index in [0.29, 0.717) is 11.1 Å². The normalized spacial score (nSPS) is 19.1. The van der Waals surface area contributed by atoms with Gasteiger partial charge in [0.25, 0.3) is 0 Å². The van der Waals surface area contributed by atoms with Crippen molar-refractivity contribution >= 4 is 11.6 Å². The van der Waals surface area contributed by atoms with Crippen LogP contribution in [0.4, 0.5) is 0 Å². The van der Waals surface area contributed by atoms with Gasteiger partial charge in [-0.1, -0.05) is 35.9 Å². The molecule has 20 heavy (non-hydrogen) atoms. The Morgan fingerprint density at radius 3 is 2.90 bits per heavy atom. The second kappa shape index (κ2) is 5.23. The van der Waals surface area contributed by atoms with Gasteiger partial charge in [-0.25, -0.2) is 0 Å². The van der Waals surface area contributed by atoms with Gasteiger partial charge in [-0.2, -0.15) is 5.10 Å². The molecule has 106 valence electrons. The third-order valence-corrected chi connectivity index (χ3v) is 4.88. The van der Waals surface area contributed by atoms with E-state index in [1.165, 1.54) is 11.1 Å². The maximum atomic E-state index is 6.48. The molecule has 2 N–H and O–H groups in total. The SMILES string of the molecule is Cc1nn(C)c(Cl)c1CC(N)C1CCc2ccccc21. The Morgan fingerprint density at radius 1 is 1.45 bits per heavy atom. The molecule has 1 aliphatic rings. The molecule has 0 amide bonds. The number of nitrogens with two attached hydrogens (primary N) is 1. The summed E-state index contributed by atoms with van der Waals surface area (Å²) in [5.41, 5.74) is 11.4. The fourth-order valence-electron chi connectivity index (χ4n) is 3.32. The van der Waals surface area contributed by atoms with Crippen LogP contribution < -0.4 is 5.73 Å². The first-order chi connectivity index (χ1) is 9.58. The summed E-state index contributed by atoms with van der Waals surface area (Å²) in [5, 5.41) is 5.08. The van der Waals surface area contributed by atoms with Gasteiger partial charge in [0.15, 0.2) is 0 Å². The number of hydrogen-bond donors (Lipinski definition) is 1. The van der Waals surface area contributed by atoms with Gasteiger partial charge in [0.05, 0.1) is 5.69 Å². The number of benzene rings is 1. The van der Waals surface area contributed by atoms with Crippen molar-refractivity contribution < 1.29 is 0 Å². The minimum Gasteiger partial charge on any atom is -0.327 e. The summed E-state index contributed by atoms with van der Waals surface area (Å²) in [4.78, 5) is 0. The van der Waals surface area contributed by atoms with E-state index >= 15 is 0 Å². The Hall–Kier alpha value is -1.32. The average molecular weight is 290 g/mol. The van der Waals surface area contributed by atoms with Crippen LogP contribution in [0.1, 0.15) is 34.7 Å². The van der Waals surface area contributed by atoms with Crippen LogP contribution in [0.25, 0.3) is 0 Å². The molecular formula is C16H20ClN3. The van der Waals surface area contributed by atoms with E-state index in [0.717, 1.165) is 30.5 Å². The lowest BCUT2D eigenvalue weighted by Gasteiger charge is -2.20. The molecule has 0 fully saturated rings. The van der Waals surface area contributed by atoms with E-state index < -0.39 is 0 Å². The Morgan fingerprint density at radius 2 is 2.20 bits per heavy atom. The zero-order valence-corrected chi connectivity index (χ0v) is 12.7. The molecule has 1 heterocycles. The van der Waals surface area contributed by atoms with Crippen LogP contribution >= 0.6 is 11.6 Å². The minimum atomic E-state index is 0.0963. The highest BCUT2D eigenvalue weighted by Gasteiger charge is 2.28. The topological polar surface area (TPSA) is 43.8 Å². The number of nitrogens with zero attached hydrogens (tertiary/aromatic N) is 2. The Kier molecular flexibility index (Phi) is 3.57. The van der Waals surface area contributed by atoms with E-state index in [4.69, 9.17) is 17.3 Å². The summed E-state index contributed by atoms with van der Waals surface area (Å²) >= 11 is 6.31. The molecule has 1 aromatic heterocycles. The third kappa shape index (κ3) is 2.25. The lowest BCUT2D eigenvalue weighted by atomic mass is 9.89. The molecule has 0 aliphatic heterocycles. The molecule has 2 unspecified atom stereocenters. The van der Waals surface area contributed by atoms with Crippen LogP contribution in [-0.4, -0.2) is 15.8 Å². The van der Waals surface area contributed by atoms with Crippen LogP contribution in [0, 0.1) is 6.92 Å². The highest BCUT2D eigenvalue weighted by Crippen LogP contribution is 2.36. The number of halogens is 1. The van der Waals surface area contributed by atoms with Crippen molar-refractivity contribution in [2.45, 2.75) is 38.1 Å². The van der Waals surface area contributed by atoms with Crippen molar-refractivity contribution in [2.24, 2.45) is 12.8 Å². The van der Waals surface area contributed by atoms with Gasteiger partial charge < -0.3 is 5.73 Å². The first-order valence-corrected chi connectivity index (χ1v) is 7.47. The predicted octanol–water partition coefficient (Wildman–Crippen LogP) is 2.98. The largest absolute Gasteiger partial charge is 0.327 e. The lowest BCUT2D eigenvalue weighted by molar-refractivity contribution is 0.524. The Labute approximate surface area is 124 Å². The molecule has 0 saturated heterocycles. The van der Waals surface area contributed by atoms with E-state index in [1.54, 1.807) is 4.68 Å². The summed E-state index contributed by atoms with van der Waals surface area (Å²) in [6.45, 7) is 2.00. The van der Waals surface area contributed by atoms with E-state index in [9.17, 15) is 0 Å². The van der Waals surface area contributed by atoms with Crippen LogP contribution in [0.15, 0.2) is 24.3 Å². The van der Waals surface area contributed by atoms with E-state index in [-0.39, 0.29) is 6.04 Å². The van der Waals surface area contributed by atoms with Gasteiger partial charge in [0.2, 0.25) is 0 Å². The van der Waals surface area contributed by atoms with Gasteiger partial charge in [0.1, 0.15) is 5.15 Å². The summed E-state index contributed by atoms with van der Waals surface area (Å²) in [5.74, 6) is 0.432. The molecular weight excluding hydrogens is 270 g/mol. The van der Waals surface area contributed by atoms with Gasteiger partial charge in [-0.05, 0) is 43.2 Å². The molecule has 4 heteroatoms. The van der Waals surface area contributed by atoms with Crippen molar-refractivity contribution in [3.8, 4) is 0 Å². The van der Waals surface area contributed by atoms with Crippen molar-refractivity contribution in [1.82, 2.24) is 9.78 Å². The molecule has 0 saturated carbocycles. The predicted molar refractivity (Wildman–Crippen MR) is 82.1 cm³/mol. The number of hydrogen-bond acceptors (Lipinski definition) is 2. The number of fused-ring (bicyclic) bond motifs is 1. The first-order valence-electron chi connectivity index (χ1n) is 7.09. The second-order valence-corrected chi connectivity index (χ2v) is 6.05. The van der Waals surface area contributed by atoms with Gasteiger partial charge in [0, 0.05) is 18.7 Å². The van der Waals surface area contributed by atoms with Crippen LogP contribution in [0.2, 0.25) is 5.15 Å². The quantitative estimate of drug-likeness (QED) is 0.944. The van der Waals surface area contributed by atoms with Crippen LogP contribution in [0.3, 0.4) is 0 Å². The molecule has 3 rings (SSSR count). The molecule has 0 spiro atoms. The highest BCUT2D eigenvalue weighted by molar-refractivity contribution is 6.30. The fourth-order valence-corrected chi connectivity index (χ4v) is 3.57. The van der Waals surface area contributed by atoms with Crippen LogP contribution in [0.5, 0.6) is 0 Å². The molecule has 3 nitrogen and oxygen atoms in total. The maximum absolute atomic E-state index is 6.48. The number of aryl methyl sites for hydroxylation is 3. The first kappa shape index (κ1) is 13.7. The third-order valence-electron chi connectivity index (χ3n) is 4.41. The summed E-state index contributed by atoms with van der Waals surface area (Å²) in [6, 6.07) is 8.73. The molecule has 1 aliphatic carbocycles. The molecule has 0 bridgehead atoms. The van der Waals surface area contributed by atoms with Crippen LogP contribution in [-0.2, 0) is 19.9 Å². The summed E-state index contributed by atoms with van der Waals surface area (Å²) in [6.07, 6.45) is 3.06. The summed E-state index contributed by atoms with van der Waals surface area (Å²) in [7, 11) is 1.87. The van der Waals surface area contributed by atoms with Crippen molar-refractivity contribution in [3.63, 3.8) is 0 Å². The van der Waals surface area contributed by atoms with E-state index in [1.807, 2.05) is 14.0 Å². The van der Waals surface area contributed by atoms with Crippen molar-refractivity contribution in [3.05, 3.63) is 51.8 Å². The molecule has 2 aromatic rings. The summed E-state index contributed by atoms with van der Waals surface area (Å²) < 4.78 is 1.72. The second-order valence-electron chi connectivity index (χ2n) is 5.69. The van der Waals surface area contributed by atoms with Gasteiger partial charge >= 0.3 is 0 Å². The van der Waals surface area contributed by atoms with E-state index in [2.05, 4.69) is 29.4 Å². The maximum Gasteiger partial charge on any atom is 0.130 e. The standard InChI is InChI=1S/C16H20ClN3/c1-10-14(16(17)20(2)19-10)9-15(18)13-8-7-11-5-3-4-6-12(11)13/h3-6,13,15H,7-9,18H2,1-2H3. The lowest BCUT2D eigenvalue weighted by Crippen LogP contribution is -2.29.